The summed E-state index contributed by atoms with van der Waals surface area (Å²) in [6.07, 6.45) is 6.35. The number of carbonyl (C=O) groups is 1. The summed E-state index contributed by atoms with van der Waals surface area (Å²) in [4.78, 5) is 16.2. The highest BCUT2D eigenvalue weighted by atomic mass is 16.3. The molecular weight excluding hydrogens is 316 g/mol. The molecule has 0 aliphatic heterocycles. The average molecular weight is 342 g/mol. The van der Waals surface area contributed by atoms with Crippen LogP contribution in [0.1, 0.15) is 36.2 Å². The van der Waals surface area contributed by atoms with Crippen LogP contribution in [-0.4, -0.2) is 33.3 Å². The van der Waals surface area contributed by atoms with Crippen molar-refractivity contribution >= 4 is 6.03 Å². The molecule has 2 amide bonds. The number of nitrogens with zero attached hydrogens (tertiary/aromatic N) is 2. The molecule has 0 radical (unpaired) electrons. The molecule has 25 heavy (non-hydrogen) atoms. The van der Waals surface area contributed by atoms with Crippen molar-refractivity contribution < 1.29 is 9.90 Å². The van der Waals surface area contributed by atoms with Crippen molar-refractivity contribution in [2.75, 3.05) is 6.54 Å². The van der Waals surface area contributed by atoms with Crippen LogP contribution < -0.4 is 10.6 Å². The highest BCUT2D eigenvalue weighted by Gasteiger charge is 2.25. The van der Waals surface area contributed by atoms with Crippen molar-refractivity contribution in [3.05, 3.63) is 53.6 Å². The van der Waals surface area contributed by atoms with Crippen molar-refractivity contribution in [1.82, 2.24) is 20.2 Å². The van der Waals surface area contributed by atoms with E-state index in [0.717, 1.165) is 37.2 Å². The van der Waals surface area contributed by atoms with Crippen LogP contribution in [0.2, 0.25) is 0 Å². The maximum atomic E-state index is 11.9. The molecule has 0 spiro atoms. The number of amides is 2. The zero-order valence-electron chi connectivity index (χ0n) is 14.6. The molecule has 1 aliphatic rings. The summed E-state index contributed by atoms with van der Waals surface area (Å²) in [6.45, 7) is 3.77. The highest BCUT2D eigenvalue weighted by Crippen LogP contribution is 2.24. The number of hydrogen-bond acceptors (Lipinski definition) is 3. The van der Waals surface area contributed by atoms with Crippen LogP contribution in [0.4, 0.5) is 4.79 Å². The van der Waals surface area contributed by atoms with Crippen LogP contribution >= 0.6 is 0 Å². The van der Waals surface area contributed by atoms with Gasteiger partial charge in [-0.2, -0.15) is 0 Å². The number of aromatic nitrogens is 2. The lowest BCUT2D eigenvalue weighted by molar-refractivity contribution is 0.132. The van der Waals surface area contributed by atoms with Gasteiger partial charge in [-0.15, -0.1) is 0 Å². The second-order valence-corrected chi connectivity index (χ2v) is 6.74. The van der Waals surface area contributed by atoms with Gasteiger partial charge in [0, 0.05) is 37.9 Å². The van der Waals surface area contributed by atoms with Gasteiger partial charge in [0.15, 0.2) is 0 Å². The third kappa shape index (κ3) is 4.82. The number of nitrogens with one attached hydrogen (secondary N) is 2. The summed E-state index contributed by atoms with van der Waals surface area (Å²) in [5, 5.41) is 15.5. The first-order valence-electron chi connectivity index (χ1n) is 8.87. The number of urea groups is 1. The number of imidazole rings is 1. The van der Waals surface area contributed by atoms with E-state index in [9.17, 15) is 9.90 Å². The molecule has 1 aromatic carbocycles. The topological polar surface area (TPSA) is 79.2 Å². The molecule has 1 saturated carbocycles. The first kappa shape index (κ1) is 17.5. The van der Waals surface area contributed by atoms with E-state index >= 15 is 0 Å². The molecule has 134 valence electrons. The number of benzene rings is 1. The molecule has 2 atom stereocenters. The van der Waals surface area contributed by atoms with E-state index in [1.807, 2.05) is 25.3 Å². The van der Waals surface area contributed by atoms with E-state index in [-0.39, 0.29) is 18.1 Å². The second kappa shape index (κ2) is 8.16. The van der Waals surface area contributed by atoms with Gasteiger partial charge in [-0.05, 0) is 30.9 Å². The van der Waals surface area contributed by atoms with Gasteiger partial charge in [-0.3, -0.25) is 0 Å². The van der Waals surface area contributed by atoms with Gasteiger partial charge >= 0.3 is 6.03 Å². The minimum atomic E-state index is -0.274. The zero-order chi connectivity index (χ0) is 17.6. The molecule has 6 nitrogen and oxygen atoms in total. The second-order valence-electron chi connectivity index (χ2n) is 6.74. The quantitative estimate of drug-likeness (QED) is 0.753. The van der Waals surface area contributed by atoms with E-state index in [4.69, 9.17) is 0 Å². The normalized spacial score (nSPS) is 19.8. The lowest BCUT2D eigenvalue weighted by atomic mass is 10.1. The highest BCUT2D eigenvalue weighted by molar-refractivity contribution is 5.73. The van der Waals surface area contributed by atoms with Gasteiger partial charge in [0.1, 0.15) is 5.82 Å². The lowest BCUT2D eigenvalue weighted by Gasteiger charge is -2.15. The summed E-state index contributed by atoms with van der Waals surface area (Å²) in [7, 11) is 0. The van der Waals surface area contributed by atoms with E-state index in [1.165, 1.54) is 5.56 Å². The molecule has 3 N–H and O–H groups in total. The first-order valence-corrected chi connectivity index (χ1v) is 8.87. The Labute approximate surface area is 148 Å². The van der Waals surface area contributed by atoms with Gasteiger partial charge < -0.3 is 20.3 Å². The minimum Gasteiger partial charge on any atom is -0.393 e. The maximum absolute atomic E-state index is 11.9. The van der Waals surface area contributed by atoms with Crippen LogP contribution in [0.15, 0.2) is 36.7 Å². The monoisotopic (exact) mass is 342 g/mol. The Morgan fingerprint density at radius 3 is 2.88 bits per heavy atom. The number of aliphatic hydroxyl groups excluding tert-OH is 1. The fourth-order valence-corrected chi connectivity index (χ4v) is 3.33. The first-order chi connectivity index (χ1) is 12.1. The molecule has 0 unspecified atom stereocenters. The van der Waals surface area contributed by atoms with Crippen molar-refractivity contribution in [3.8, 4) is 0 Å². The Kier molecular flexibility index (Phi) is 5.71. The van der Waals surface area contributed by atoms with Gasteiger partial charge in [0.25, 0.3) is 0 Å². The molecular formula is C19H26N4O2. The van der Waals surface area contributed by atoms with Gasteiger partial charge in [-0.1, -0.05) is 30.7 Å². The molecule has 0 bridgehead atoms. The number of hydrogen-bond donors (Lipinski definition) is 3. The zero-order valence-corrected chi connectivity index (χ0v) is 14.6. The molecule has 1 heterocycles. The molecule has 1 aromatic heterocycles. The predicted molar refractivity (Wildman–Crippen MR) is 96.1 cm³/mol. The predicted octanol–water partition coefficient (Wildman–Crippen LogP) is 2.20. The molecule has 0 saturated heterocycles. The third-order valence-corrected chi connectivity index (χ3v) is 4.86. The van der Waals surface area contributed by atoms with Crippen molar-refractivity contribution in [1.29, 1.82) is 0 Å². The van der Waals surface area contributed by atoms with Crippen LogP contribution in [0.25, 0.3) is 0 Å². The van der Waals surface area contributed by atoms with Crippen LogP contribution in [-0.2, 0) is 13.1 Å². The van der Waals surface area contributed by atoms with Crippen LogP contribution in [0.3, 0.4) is 0 Å². The number of aliphatic hydroxyl groups is 1. The summed E-state index contributed by atoms with van der Waals surface area (Å²) in [5.41, 5.74) is 2.24. The Balaban J connectivity index is 1.47. The number of rotatable bonds is 6. The number of aryl methyl sites for hydroxylation is 1. The third-order valence-electron chi connectivity index (χ3n) is 4.86. The fraction of sp³-hybridized carbons (Fsp3) is 0.474. The SMILES string of the molecule is Cc1nccn1Cc1cccc(CNC(=O)NC[C@H]2CCC[C@H]2O)c1. The largest absolute Gasteiger partial charge is 0.393 e. The fourth-order valence-electron chi connectivity index (χ4n) is 3.33. The van der Waals surface area contributed by atoms with Crippen LogP contribution in [0.5, 0.6) is 0 Å². The van der Waals surface area contributed by atoms with Gasteiger partial charge in [0.2, 0.25) is 0 Å². The summed E-state index contributed by atoms with van der Waals surface area (Å²) >= 11 is 0. The Bertz CT molecular complexity index is 713. The van der Waals surface area contributed by atoms with Crippen molar-refractivity contribution in [2.24, 2.45) is 5.92 Å². The average Bonchev–Trinajstić information content (AvgIpc) is 3.20. The Hall–Kier alpha value is -2.34. The summed E-state index contributed by atoms with van der Waals surface area (Å²) in [6, 6.07) is 8.00. The van der Waals surface area contributed by atoms with Gasteiger partial charge in [0.05, 0.1) is 6.10 Å². The van der Waals surface area contributed by atoms with E-state index in [0.29, 0.717) is 13.1 Å². The Morgan fingerprint density at radius 2 is 2.16 bits per heavy atom. The molecule has 1 aliphatic carbocycles. The van der Waals surface area contributed by atoms with Crippen molar-refractivity contribution in [2.45, 2.75) is 45.4 Å². The number of carbonyl (C=O) groups excluding carboxylic acids is 1. The van der Waals surface area contributed by atoms with E-state index in [2.05, 4.69) is 32.3 Å². The van der Waals surface area contributed by atoms with Crippen LogP contribution in [0, 0.1) is 12.8 Å². The van der Waals surface area contributed by atoms with Gasteiger partial charge in [-0.25, -0.2) is 9.78 Å². The standard InChI is InChI=1S/C19H26N4O2/c1-14-20-8-9-23(14)13-16-5-2-4-15(10-16)11-21-19(25)22-12-17-6-3-7-18(17)24/h2,4-5,8-10,17-18,24H,3,6-7,11-13H2,1H3,(H2,21,22,25)/t17-,18-/m1/s1. The Morgan fingerprint density at radius 1 is 1.32 bits per heavy atom. The maximum Gasteiger partial charge on any atom is 0.315 e. The lowest BCUT2D eigenvalue weighted by Crippen LogP contribution is -2.39. The van der Waals surface area contributed by atoms with Crippen molar-refractivity contribution in [3.63, 3.8) is 0 Å². The summed E-state index contributed by atoms with van der Waals surface area (Å²) in [5.74, 6) is 1.17. The molecule has 3 rings (SSSR count). The smallest absolute Gasteiger partial charge is 0.315 e. The molecule has 6 heteroatoms. The molecule has 1 fully saturated rings. The summed E-state index contributed by atoms with van der Waals surface area (Å²) < 4.78 is 2.09. The minimum absolute atomic E-state index is 0.185. The van der Waals surface area contributed by atoms with E-state index < -0.39 is 0 Å². The van der Waals surface area contributed by atoms with E-state index in [1.54, 1.807) is 6.20 Å². The molecule has 2 aromatic rings.